The topological polar surface area (TPSA) is 93.8 Å². The molecule has 204 valence electrons. The van der Waals surface area contributed by atoms with Crippen molar-refractivity contribution in [2.24, 2.45) is 10.9 Å². The SMILES string of the molecule is Cc1[nH]nc2cc(C3=NC=C(C4C5CC5c5cc(-c6cc(Cl)ccc6-n6cc(C(F)F)nn6)cc(=O)n54)C3)ccc12. The van der Waals surface area contributed by atoms with Gasteiger partial charge in [-0.25, -0.2) is 13.5 Å². The second kappa shape index (κ2) is 8.78. The van der Waals surface area contributed by atoms with Crippen LogP contribution in [0, 0.1) is 12.8 Å². The van der Waals surface area contributed by atoms with Gasteiger partial charge in [-0.3, -0.25) is 14.9 Å². The highest BCUT2D eigenvalue weighted by atomic mass is 35.5. The van der Waals surface area contributed by atoms with Gasteiger partial charge in [-0.05, 0) is 66.3 Å². The van der Waals surface area contributed by atoms with Crippen LogP contribution in [-0.2, 0) is 0 Å². The summed E-state index contributed by atoms with van der Waals surface area (Å²) < 4.78 is 29.6. The van der Waals surface area contributed by atoms with Gasteiger partial charge in [0.1, 0.15) is 5.69 Å². The number of hydrogen-bond donors (Lipinski definition) is 1. The number of aryl methyl sites for hydroxylation is 1. The smallest absolute Gasteiger partial charge is 0.283 e. The molecule has 5 aromatic rings. The molecule has 8 rings (SSSR count). The summed E-state index contributed by atoms with van der Waals surface area (Å²) in [6.07, 6.45) is 2.06. The minimum Gasteiger partial charge on any atom is -0.305 e. The van der Waals surface area contributed by atoms with Crippen molar-refractivity contribution in [3.8, 4) is 16.8 Å². The third kappa shape index (κ3) is 3.81. The number of aromatic amines is 1. The first-order chi connectivity index (χ1) is 19.9. The first-order valence-electron chi connectivity index (χ1n) is 13.3. The number of halogens is 3. The summed E-state index contributed by atoms with van der Waals surface area (Å²) in [7, 11) is 0. The molecule has 3 atom stereocenters. The Kier molecular flexibility index (Phi) is 5.22. The number of aliphatic imine (C=N–C) groups is 1. The fourth-order valence-electron chi connectivity index (χ4n) is 6.44. The Bertz CT molecular complexity index is 2020. The molecule has 3 aromatic heterocycles. The second-order valence-corrected chi connectivity index (χ2v) is 11.4. The zero-order valence-electron chi connectivity index (χ0n) is 21.7. The lowest BCUT2D eigenvalue weighted by atomic mass is 9.96. The van der Waals surface area contributed by atoms with Crippen LogP contribution in [0.5, 0.6) is 0 Å². The molecule has 0 radical (unpaired) electrons. The first kappa shape index (κ1) is 24.4. The van der Waals surface area contributed by atoms with Gasteiger partial charge in [0, 0.05) is 52.0 Å². The fourth-order valence-corrected chi connectivity index (χ4v) is 6.61. The van der Waals surface area contributed by atoms with E-state index in [0.29, 0.717) is 34.2 Å². The molecule has 11 heteroatoms. The molecule has 3 unspecified atom stereocenters. The average molecular weight is 570 g/mol. The molecule has 0 bridgehead atoms. The summed E-state index contributed by atoms with van der Waals surface area (Å²) in [4.78, 5) is 18.4. The van der Waals surface area contributed by atoms with E-state index in [-0.39, 0.29) is 17.5 Å². The van der Waals surface area contributed by atoms with E-state index in [9.17, 15) is 13.6 Å². The Morgan fingerprint density at radius 2 is 1.98 bits per heavy atom. The Hall–Kier alpha value is -4.44. The van der Waals surface area contributed by atoms with E-state index >= 15 is 0 Å². The molecule has 0 saturated heterocycles. The molecule has 1 fully saturated rings. The number of pyridine rings is 1. The number of H-pyrrole nitrogens is 1. The van der Waals surface area contributed by atoms with Crippen molar-refractivity contribution >= 4 is 28.2 Å². The van der Waals surface area contributed by atoms with Crippen LogP contribution < -0.4 is 5.56 Å². The Morgan fingerprint density at radius 3 is 2.80 bits per heavy atom. The highest BCUT2D eigenvalue weighted by molar-refractivity contribution is 6.31. The van der Waals surface area contributed by atoms with Crippen LogP contribution in [0.25, 0.3) is 27.7 Å². The van der Waals surface area contributed by atoms with Crippen molar-refractivity contribution in [1.29, 1.82) is 0 Å². The summed E-state index contributed by atoms with van der Waals surface area (Å²) in [6, 6.07) is 14.8. The third-order valence-electron chi connectivity index (χ3n) is 8.47. The van der Waals surface area contributed by atoms with Gasteiger partial charge in [0.2, 0.25) is 0 Å². The molecule has 2 aromatic carbocycles. The molecule has 41 heavy (non-hydrogen) atoms. The van der Waals surface area contributed by atoms with Crippen LogP contribution in [0.1, 0.15) is 53.9 Å². The maximum atomic E-state index is 13.7. The molecule has 1 aliphatic carbocycles. The van der Waals surface area contributed by atoms with Crippen molar-refractivity contribution in [3.63, 3.8) is 0 Å². The largest absolute Gasteiger partial charge is 0.305 e. The fraction of sp³-hybridized carbons (Fsp3) is 0.233. The zero-order chi connectivity index (χ0) is 28.0. The number of allylic oxidation sites excluding steroid dienone is 1. The number of rotatable bonds is 5. The number of hydrogen-bond acceptors (Lipinski definition) is 5. The van der Waals surface area contributed by atoms with Crippen LogP contribution in [-0.4, -0.2) is 35.5 Å². The maximum absolute atomic E-state index is 13.7. The summed E-state index contributed by atoms with van der Waals surface area (Å²) in [5.74, 6) is 0.624. The van der Waals surface area contributed by atoms with Gasteiger partial charge in [0.05, 0.1) is 29.2 Å². The lowest BCUT2D eigenvalue weighted by molar-refractivity contribution is 0.146. The normalized spacial score (nSPS) is 20.9. The van der Waals surface area contributed by atoms with Crippen LogP contribution in [0.3, 0.4) is 0 Å². The zero-order valence-corrected chi connectivity index (χ0v) is 22.5. The van der Waals surface area contributed by atoms with Gasteiger partial charge in [-0.15, -0.1) is 5.10 Å². The molecule has 3 aliphatic rings. The van der Waals surface area contributed by atoms with E-state index in [2.05, 4.69) is 38.7 Å². The van der Waals surface area contributed by atoms with Crippen molar-refractivity contribution in [2.75, 3.05) is 0 Å². The van der Waals surface area contributed by atoms with E-state index in [0.717, 1.165) is 45.6 Å². The number of nitrogens with one attached hydrogen (secondary N) is 1. The number of fused-ring (bicyclic) bond motifs is 4. The lowest BCUT2D eigenvalue weighted by Gasteiger charge is -2.20. The predicted octanol–water partition coefficient (Wildman–Crippen LogP) is 6.31. The van der Waals surface area contributed by atoms with E-state index in [4.69, 9.17) is 16.6 Å². The molecule has 2 aliphatic heterocycles. The molecule has 5 heterocycles. The number of aromatic nitrogens is 6. The highest BCUT2D eigenvalue weighted by Gasteiger charge is 2.54. The van der Waals surface area contributed by atoms with Gasteiger partial charge in [-0.2, -0.15) is 5.10 Å². The standard InChI is InChI=1S/C30H22ClF2N7O/c1-14-19-4-2-15(6-24(19)36-35-14)23-7-17(12-34-23)29-22-11-21(22)27-8-16(9-28(41)40(27)29)20-10-18(31)3-5-26(20)39-13-25(30(32)33)37-38-39/h2-6,8-10,12-13,21-22,29-30H,7,11H2,1H3,(H,35,36). The van der Waals surface area contributed by atoms with E-state index in [1.165, 1.54) is 10.9 Å². The van der Waals surface area contributed by atoms with E-state index in [1.54, 1.807) is 24.3 Å². The maximum Gasteiger partial charge on any atom is 0.283 e. The van der Waals surface area contributed by atoms with Crippen LogP contribution in [0.15, 0.2) is 76.3 Å². The Morgan fingerprint density at radius 1 is 1.10 bits per heavy atom. The van der Waals surface area contributed by atoms with E-state index in [1.807, 2.05) is 23.8 Å². The van der Waals surface area contributed by atoms with Crippen LogP contribution in [0.4, 0.5) is 8.78 Å². The summed E-state index contributed by atoms with van der Waals surface area (Å²) in [5.41, 5.74) is 7.31. The Balaban J connectivity index is 1.13. The van der Waals surface area contributed by atoms with Crippen molar-refractivity contribution in [2.45, 2.75) is 38.2 Å². The van der Waals surface area contributed by atoms with Gasteiger partial charge < -0.3 is 4.57 Å². The van der Waals surface area contributed by atoms with Crippen LogP contribution in [0.2, 0.25) is 5.02 Å². The van der Waals surface area contributed by atoms with Gasteiger partial charge >= 0.3 is 0 Å². The van der Waals surface area contributed by atoms with Crippen molar-refractivity contribution < 1.29 is 8.78 Å². The summed E-state index contributed by atoms with van der Waals surface area (Å²) in [6.45, 7) is 2.00. The minimum atomic E-state index is -2.74. The molecule has 0 amide bonds. The minimum absolute atomic E-state index is 0.0445. The van der Waals surface area contributed by atoms with E-state index < -0.39 is 12.1 Å². The monoisotopic (exact) mass is 569 g/mol. The molecular formula is C30H22ClF2N7O. The Labute approximate surface area is 237 Å². The van der Waals surface area contributed by atoms with Crippen molar-refractivity contribution in [3.05, 3.63) is 105 Å². The lowest BCUT2D eigenvalue weighted by Crippen LogP contribution is -2.26. The quantitative estimate of drug-likeness (QED) is 0.268. The van der Waals surface area contributed by atoms with Crippen LogP contribution >= 0.6 is 11.6 Å². The predicted molar refractivity (Wildman–Crippen MR) is 151 cm³/mol. The first-order valence-corrected chi connectivity index (χ1v) is 13.7. The van der Waals surface area contributed by atoms with Gasteiger partial charge in [-0.1, -0.05) is 28.9 Å². The molecule has 8 nitrogen and oxygen atoms in total. The number of alkyl halides is 2. The number of benzene rings is 2. The molecule has 1 N–H and O–H groups in total. The summed E-state index contributed by atoms with van der Waals surface area (Å²) in [5, 5.41) is 16.4. The number of nitrogens with zero attached hydrogens (tertiary/aromatic N) is 6. The second-order valence-electron chi connectivity index (χ2n) is 10.9. The molecular weight excluding hydrogens is 548 g/mol. The molecule has 0 spiro atoms. The highest BCUT2D eigenvalue weighted by Crippen LogP contribution is 2.61. The summed E-state index contributed by atoms with van der Waals surface area (Å²) >= 11 is 6.34. The average Bonchev–Trinajstić information content (AvgIpc) is 3.36. The molecule has 1 saturated carbocycles. The van der Waals surface area contributed by atoms with Gasteiger partial charge in [0.25, 0.3) is 12.0 Å². The van der Waals surface area contributed by atoms with Gasteiger partial charge in [0.15, 0.2) is 0 Å². The van der Waals surface area contributed by atoms with Crippen molar-refractivity contribution in [1.82, 2.24) is 29.8 Å². The third-order valence-corrected chi connectivity index (χ3v) is 8.70.